The number of rotatable bonds is 2. The second-order valence-corrected chi connectivity index (χ2v) is 4.81. The van der Waals surface area contributed by atoms with Crippen LogP contribution in [0, 0.1) is 0 Å². The Hall–Kier alpha value is -0.900. The standard InChI is InChI=1S/C10H18N4/c1-10(2,11)7-9-13-12-8-5-3-4-6-14(8)9/h3-7,11H2,1-2H3. The molecular weight excluding hydrogens is 176 g/mol. The normalized spacial score (nSPS) is 16.8. The molecule has 1 aliphatic rings. The van der Waals surface area contributed by atoms with Gasteiger partial charge in [-0.25, -0.2) is 0 Å². The van der Waals surface area contributed by atoms with Crippen LogP contribution in [0.2, 0.25) is 0 Å². The summed E-state index contributed by atoms with van der Waals surface area (Å²) in [6.07, 6.45) is 4.35. The second kappa shape index (κ2) is 3.35. The number of nitrogens with two attached hydrogens (primary N) is 1. The van der Waals surface area contributed by atoms with Gasteiger partial charge in [0, 0.05) is 24.9 Å². The third kappa shape index (κ3) is 1.95. The van der Waals surface area contributed by atoms with E-state index < -0.39 is 0 Å². The van der Waals surface area contributed by atoms with Gasteiger partial charge in [-0.2, -0.15) is 0 Å². The minimum atomic E-state index is -0.193. The number of hydrogen-bond acceptors (Lipinski definition) is 3. The van der Waals surface area contributed by atoms with Crippen LogP contribution >= 0.6 is 0 Å². The Balaban J connectivity index is 2.22. The molecule has 0 radical (unpaired) electrons. The van der Waals surface area contributed by atoms with Crippen LogP contribution in [-0.4, -0.2) is 20.3 Å². The molecule has 0 aromatic carbocycles. The first kappa shape index (κ1) is 9.65. The van der Waals surface area contributed by atoms with Crippen LogP contribution in [0.25, 0.3) is 0 Å². The predicted octanol–water partition coefficient (Wildman–Crippen LogP) is 0.894. The van der Waals surface area contributed by atoms with Crippen molar-refractivity contribution in [1.82, 2.24) is 14.8 Å². The van der Waals surface area contributed by atoms with E-state index in [1.54, 1.807) is 0 Å². The molecule has 78 valence electrons. The van der Waals surface area contributed by atoms with Crippen molar-refractivity contribution >= 4 is 0 Å². The SMILES string of the molecule is CC(C)(N)Cc1nnc2n1CCCC2. The van der Waals surface area contributed by atoms with Crippen molar-refractivity contribution in [3.63, 3.8) is 0 Å². The minimum absolute atomic E-state index is 0.193. The molecule has 2 rings (SSSR count). The minimum Gasteiger partial charge on any atom is -0.325 e. The van der Waals surface area contributed by atoms with Crippen molar-refractivity contribution in [3.05, 3.63) is 11.6 Å². The van der Waals surface area contributed by atoms with Crippen molar-refractivity contribution in [2.45, 2.75) is 51.6 Å². The summed E-state index contributed by atoms with van der Waals surface area (Å²) in [5.74, 6) is 2.18. The van der Waals surface area contributed by atoms with E-state index in [1.807, 2.05) is 13.8 Å². The molecule has 4 nitrogen and oxygen atoms in total. The van der Waals surface area contributed by atoms with Crippen LogP contribution in [0.5, 0.6) is 0 Å². The number of fused-ring (bicyclic) bond motifs is 1. The maximum Gasteiger partial charge on any atom is 0.134 e. The molecule has 1 aromatic heterocycles. The predicted molar refractivity (Wildman–Crippen MR) is 54.9 cm³/mol. The third-order valence-electron chi connectivity index (χ3n) is 2.55. The Morgan fingerprint density at radius 3 is 2.86 bits per heavy atom. The lowest BCUT2D eigenvalue weighted by Gasteiger charge is -2.20. The molecule has 0 amide bonds. The van der Waals surface area contributed by atoms with Crippen molar-refractivity contribution in [1.29, 1.82) is 0 Å². The molecule has 2 heterocycles. The van der Waals surface area contributed by atoms with Crippen molar-refractivity contribution in [2.24, 2.45) is 5.73 Å². The Labute approximate surface area is 84.5 Å². The Morgan fingerprint density at radius 1 is 1.36 bits per heavy atom. The van der Waals surface area contributed by atoms with E-state index in [9.17, 15) is 0 Å². The fourth-order valence-corrected chi connectivity index (χ4v) is 1.91. The van der Waals surface area contributed by atoms with Gasteiger partial charge in [-0.1, -0.05) is 0 Å². The van der Waals surface area contributed by atoms with Gasteiger partial charge in [-0.3, -0.25) is 0 Å². The van der Waals surface area contributed by atoms with E-state index >= 15 is 0 Å². The van der Waals surface area contributed by atoms with Gasteiger partial charge in [0.15, 0.2) is 0 Å². The quantitative estimate of drug-likeness (QED) is 0.760. The monoisotopic (exact) mass is 194 g/mol. The van der Waals surface area contributed by atoms with Crippen LogP contribution in [0.15, 0.2) is 0 Å². The number of aromatic nitrogens is 3. The van der Waals surface area contributed by atoms with E-state index in [1.165, 1.54) is 12.8 Å². The lowest BCUT2D eigenvalue weighted by atomic mass is 10.0. The summed E-state index contributed by atoms with van der Waals surface area (Å²) in [5.41, 5.74) is 5.79. The first-order valence-corrected chi connectivity index (χ1v) is 5.26. The molecule has 14 heavy (non-hydrogen) atoms. The summed E-state index contributed by atoms with van der Waals surface area (Å²) < 4.78 is 2.23. The molecular formula is C10H18N4. The van der Waals surface area contributed by atoms with Gasteiger partial charge in [0.2, 0.25) is 0 Å². The molecule has 0 bridgehead atoms. The Morgan fingerprint density at radius 2 is 2.14 bits per heavy atom. The Bertz CT molecular complexity index is 321. The fourth-order valence-electron chi connectivity index (χ4n) is 1.91. The van der Waals surface area contributed by atoms with Crippen molar-refractivity contribution in [2.75, 3.05) is 0 Å². The zero-order chi connectivity index (χ0) is 10.2. The van der Waals surface area contributed by atoms with E-state index in [0.717, 1.165) is 31.0 Å². The van der Waals surface area contributed by atoms with Gasteiger partial charge in [-0.05, 0) is 26.7 Å². The van der Waals surface area contributed by atoms with Crippen LogP contribution in [-0.2, 0) is 19.4 Å². The highest BCUT2D eigenvalue weighted by atomic mass is 15.3. The summed E-state index contributed by atoms with van der Waals surface area (Å²) in [6.45, 7) is 5.11. The topological polar surface area (TPSA) is 56.7 Å². The van der Waals surface area contributed by atoms with Gasteiger partial charge >= 0.3 is 0 Å². The highest BCUT2D eigenvalue weighted by molar-refractivity contribution is 5.02. The number of nitrogens with zero attached hydrogens (tertiary/aromatic N) is 3. The lowest BCUT2D eigenvalue weighted by molar-refractivity contribution is 0.459. The molecule has 1 aliphatic heterocycles. The largest absolute Gasteiger partial charge is 0.325 e. The molecule has 0 fully saturated rings. The summed E-state index contributed by atoms with van der Waals surface area (Å²) in [4.78, 5) is 0. The van der Waals surface area contributed by atoms with Crippen molar-refractivity contribution in [3.8, 4) is 0 Å². The molecule has 0 aliphatic carbocycles. The lowest BCUT2D eigenvalue weighted by Crippen LogP contribution is -2.35. The zero-order valence-electron chi connectivity index (χ0n) is 8.95. The van der Waals surface area contributed by atoms with Crippen LogP contribution in [0.1, 0.15) is 38.3 Å². The van der Waals surface area contributed by atoms with Gasteiger partial charge in [0.25, 0.3) is 0 Å². The first-order valence-electron chi connectivity index (χ1n) is 5.26. The number of aryl methyl sites for hydroxylation is 1. The van der Waals surface area contributed by atoms with Crippen LogP contribution in [0.4, 0.5) is 0 Å². The van der Waals surface area contributed by atoms with Gasteiger partial charge in [0.05, 0.1) is 0 Å². The summed E-state index contributed by atoms with van der Waals surface area (Å²) >= 11 is 0. The molecule has 2 N–H and O–H groups in total. The van der Waals surface area contributed by atoms with Gasteiger partial charge in [0.1, 0.15) is 11.6 Å². The maximum atomic E-state index is 5.98. The summed E-state index contributed by atoms with van der Waals surface area (Å²) in [7, 11) is 0. The zero-order valence-corrected chi connectivity index (χ0v) is 8.95. The molecule has 1 aromatic rings. The molecule has 0 spiro atoms. The molecule has 4 heteroatoms. The van der Waals surface area contributed by atoms with Crippen molar-refractivity contribution < 1.29 is 0 Å². The third-order valence-corrected chi connectivity index (χ3v) is 2.55. The highest BCUT2D eigenvalue weighted by Gasteiger charge is 2.20. The molecule has 0 saturated heterocycles. The smallest absolute Gasteiger partial charge is 0.134 e. The average molecular weight is 194 g/mol. The maximum absolute atomic E-state index is 5.98. The average Bonchev–Trinajstić information content (AvgIpc) is 2.47. The molecule has 0 unspecified atom stereocenters. The van der Waals surface area contributed by atoms with E-state index in [0.29, 0.717) is 0 Å². The first-order chi connectivity index (χ1) is 6.56. The van der Waals surface area contributed by atoms with E-state index in [-0.39, 0.29) is 5.54 Å². The van der Waals surface area contributed by atoms with Gasteiger partial charge in [-0.15, -0.1) is 10.2 Å². The highest BCUT2D eigenvalue weighted by Crippen LogP contribution is 2.16. The summed E-state index contributed by atoms with van der Waals surface area (Å²) in [6, 6.07) is 0. The van der Waals surface area contributed by atoms with E-state index in [4.69, 9.17) is 5.73 Å². The molecule has 0 saturated carbocycles. The van der Waals surface area contributed by atoms with E-state index in [2.05, 4.69) is 14.8 Å². The van der Waals surface area contributed by atoms with Crippen LogP contribution in [0.3, 0.4) is 0 Å². The molecule has 0 atom stereocenters. The summed E-state index contributed by atoms with van der Waals surface area (Å²) in [5, 5.41) is 8.41. The number of hydrogen-bond donors (Lipinski definition) is 1. The Kier molecular flexibility index (Phi) is 2.31. The second-order valence-electron chi connectivity index (χ2n) is 4.81. The van der Waals surface area contributed by atoms with Crippen LogP contribution < -0.4 is 5.73 Å². The van der Waals surface area contributed by atoms with Gasteiger partial charge < -0.3 is 10.3 Å². The fraction of sp³-hybridized carbons (Fsp3) is 0.800.